The van der Waals surface area contributed by atoms with Crippen molar-refractivity contribution >= 4 is 28.8 Å². The van der Waals surface area contributed by atoms with Crippen LogP contribution in [0.25, 0.3) is 5.57 Å². The number of aromatic nitrogens is 2. The van der Waals surface area contributed by atoms with Gasteiger partial charge in [-0.1, -0.05) is 35.3 Å². The van der Waals surface area contributed by atoms with E-state index in [1.54, 1.807) is 6.33 Å². The minimum atomic E-state index is 0.730. The fourth-order valence-corrected chi connectivity index (χ4v) is 2.37. The van der Waals surface area contributed by atoms with Crippen LogP contribution in [0.2, 0.25) is 10.0 Å². The van der Waals surface area contributed by atoms with Crippen LogP contribution < -0.4 is 0 Å². The minimum absolute atomic E-state index is 0.730. The zero-order valence-electron chi connectivity index (χ0n) is 10.1. The second-order valence-corrected chi connectivity index (χ2v) is 4.89. The van der Waals surface area contributed by atoms with Gasteiger partial charge in [0.1, 0.15) is 0 Å². The first kappa shape index (κ1) is 13.2. The van der Waals surface area contributed by atoms with Gasteiger partial charge in [0.15, 0.2) is 0 Å². The van der Waals surface area contributed by atoms with E-state index in [0.29, 0.717) is 0 Å². The highest BCUT2D eigenvalue weighted by Gasteiger charge is 2.04. The number of halogens is 2. The quantitative estimate of drug-likeness (QED) is 0.860. The third-order valence-corrected chi connectivity index (χ3v) is 3.52. The van der Waals surface area contributed by atoms with Gasteiger partial charge < -0.3 is 4.98 Å². The standard InChI is InChI=1S/C14H14Cl2N2/c1-10(14-8-17-9-18-14)4-2-5-11-12(15)6-3-7-13(11)16/h3-4,6-9H,2,5H2,1H3,(H,17,18). The van der Waals surface area contributed by atoms with E-state index in [4.69, 9.17) is 23.2 Å². The minimum Gasteiger partial charge on any atom is -0.351 e. The SMILES string of the molecule is CC(=CCCc1c(Cl)cccc1Cl)c1c[nH]cn1. The van der Waals surface area contributed by atoms with Gasteiger partial charge in [0.25, 0.3) is 0 Å². The van der Waals surface area contributed by atoms with E-state index in [0.717, 1.165) is 39.7 Å². The maximum absolute atomic E-state index is 6.12. The van der Waals surface area contributed by atoms with Gasteiger partial charge in [0, 0.05) is 16.2 Å². The molecule has 0 bridgehead atoms. The second-order valence-electron chi connectivity index (χ2n) is 4.08. The molecule has 0 aliphatic rings. The summed E-state index contributed by atoms with van der Waals surface area (Å²) in [4.78, 5) is 7.14. The molecule has 1 aromatic carbocycles. The van der Waals surface area contributed by atoms with Crippen molar-refractivity contribution in [2.24, 2.45) is 0 Å². The number of aromatic amines is 1. The number of allylic oxidation sites excluding steroid dienone is 2. The molecule has 0 unspecified atom stereocenters. The molecule has 0 saturated carbocycles. The van der Waals surface area contributed by atoms with Crippen molar-refractivity contribution < 1.29 is 0 Å². The van der Waals surface area contributed by atoms with Gasteiger partial charge in [-0.05, 0) is 43.0 Å². The fraction of sp³-hybridized carbons (Fsp3) is 0.214. The Hall–Kier alpha value is -1.25. The summed E-state index contributed by atoms with van der Waals surface area (Å²) in [5, 5.41) is 1.46. The first-order valence-electron chi connectivity index (χ1n) is 5.77. The molecule has 2 aromatic rings. The lowest BCUT2D eigenvalue weighted by atomic mass is 10.1. The number of imidazole rings is 1. The van der Waals surface area contributed by atoms with Gasteiger partial charge >= 0.3 is 0 Å². The van der Waals surface area contributed by atoms with Gasteiger partial charge in [0.05, 0.1) is 12.0 Å². The molecule has 0 aliphatic heterocycles. The van der Waals surface area contributed by atoms with Gasteiger partial charge in [0.2, 0.25) is 0 Å². The molecule has 1 aromatic heterocycles. The monoisotopic (exact) mass is 280 g/mol. The summed E-state index contributed by atoms with van der Waals surface area (Å²) < 4.78 is 0. The summed E-state index contributed by atoms with van der Waals surface area (Å²) in [7, 11) is 0. The highest BCUT2D eigenvalue weighted by molar-refractivity contribution is 6.35. The van der Waals surface area contributed by atoms with E-state index >= 15 is 0 Å². The summed E-state index contributed by atoms with van der Waals surface area (Å²) in [5.74, 6) is 0. The summed E-state index contributed by atoms with van der Waals surface area (Å²) in [6.45, 7) is 2.05. The molecule has 0 amide bonds. The van der Waals surface area contributed by atoms with Crippen LogP contribution in [0.5, 0.6) is 0 Å². The van der Waals surface area contributed by atoms with Crippen molar-refractivity contribution in [1.29, 1.82) is 0 Å². The Morgan fingerprint density at radius 2 is 2.06 bits per heavy atom. The molecule has 94 valence electrons. The number of nitrogens with one attached hydrogen (secondary N) is 1. The van der Waals surface area contributed by atoms with Crippen LogP contribution in [-0.4, -0.2) is 9.97 Å². The number of benzene rings is 1. The lowest BCUT2D eigenvalue weighted by Crippen LogP contribution is -1.88. The topological polar surface area (TPSA) is 28.7 Å². The third kappa shape index (κ3) is 3.15. The normalized spacial score (nSPS) is 11.8. The van der Waals surface area contributed by atoms with Crippen LogP contribution in [0.1, 0.15) is 24.6 Å². The first-order chi connectivity index (χ1) is 8.68. The Balaban J connectivity index is 2.02. The van der Waals surface area contributed by atoms with Crippen LogP contribution in [0, 0.1) is 0 Å². The van der Waals surface area contributed by atoms with E-state index < -0.39 is 0 Å². The van der Waals surface area contributed by atoms with Crippen LogP contribution >= 0.6 is 23.2 Å². The van der Waals surface area contributed by atoms with Crippen molar-refractivity contribution in [2.75, 3.05) is 0 Å². The van der Waals surface area contributed by atoms with E-state index in [9.17, 15) is 0 Å². The lowest BCUT2D eigenvalue weighted by molar-refractivity contribution is 1.00. The summed E-state index contributed by atoms with van der Waals surface area (Å²) >= 11 is 12.2. The van der Waals surface area contributed by atoms with Crippen molar-refractivity contribution in [2.45, 2.75) is 19.8 Å². The molecule has 4 heteroatoms. The maximum Gasteiger partial charge on any atom is 0.0927 e. The zero-order valence-corrected chi connectivity index (χ0v) is 11.6. The Morgan fingerprint density at radius 1 is 1.33 bits per heavy atom. The van der Waals surface area contributed by atoms with Crippen molar-refractivity contribution in [3.8, 4) is 0 Å². The Morgan fingerprint density at radius 3 is 2.67 bits per heavy atom. The Bertz CT molecular complexity index is 525. The summed E-state index contributed by atoms with van der Waals surface area (Å²) in [6, 6.07) is 5.60. The molecule has 0 fully saturated rings. The summed E-state index contributed by atoms with van der Waals surface area (Å²) in [5.41, 5.74) is 3.13. The number of rotatable bonds is 4. The number of nitrogens with zero attached hydrogens (tertiary/aromatic N) is 1. The van der Waals surface area contributed by atoms with E-state index in [2.05, 4.69) is 16.0 Å². The molecule has 0 spiro atoms. The molecule has 0 radical (unpaired) electrons. The second kappa shape index (κ2) is 6.07. The van der Waals surface area contributed by atoms with Crippen molar-refractivity contribution in [3.05, 3.63) is 58.1 Å². The molecule has 1 heterocycles. The van der Waals surface area contributed by atoms with Gasteiger partial charge in [-0.25, -0.2) is 4.98 Å². The Kier molecular flexibility index (Phi) is 4.45. The lowest BCUT2D eigenvalue weighted by Gasteiger charge is -2.05. The number of hydrogen-bond acceptors (Lipinski definition) is 1. The molecule has 0 saturated heterocycles. The summed E-state index contributed by atoms with van der Waals surface area (Å²) in [6.07, 6.45) is 7.43. The molecular weight excluding hydrogens is 267 g/mol. The molecule has 2 rings (SSSR count). The average Bonchev–Trinajstić information content (AvgIpc) is 2.86. The van der Waals surface area contributed by atoms with Crippen molar-refractivity contribution in [1.82, 2.24) is 9.97 Å². The third-order valence-electron chi connectivity index (χ3n) is 2.81. The zero-order chi connectivity index (χ0) is 13.0. The van der Waals surface area contributed by atoms with Crippen molar-refractivity contribution in [3.63, 3.8) is 0 Å². The molecule has 2 nitrogen and oxygen atoms in total. The maximum atomic E-state index is 6.12. The molecule has 18 heavy (non-hydrogen) atoms. The molecular formula is C14H14Cl2N2. The highest BCUT2D eigenvalue weighted by Crippen LogP contribution is 2.26. The predicted molar refractivity (Wildman–Crippen MR) is 77.0 cm³/mol. The van der Waals surface area contributed by atoms with E-state index in [-0.39, 0.29) is 0 Å². The van der Waals surface area contributed by atoms with Gasteiger partial charge in [-0.2, -0.15) is 0 Å². The van der Waals surface area contributed by atoms with Crippen LogP contribution in [0.3, 0.4) is 0 Å². The first-order valence-corrected chi connectivity index (χ1v) is 6.53. The molecule has 0 atom stereocenters. The molecule has 1 N–H and O–H groups in total. The van der Waals surface area contributed by atoms with E-state index in [1.165, 1.54) is 0 Å². The van der Waals surface area contributed by atoms with E-state index in [1.807, 2.05) is 31.3 Å². The van der Waals surface area contributed by atoms with Gasteiger partial charge in [-0.3, -0.25) is 0 Å². The largest absolute Gasteiger partial charge is 0.351 e. The van der Waals surface area contributed by atoms with Crippen LogP contribution in [-0.2, 0) is 6.42 Å². The fourth-order valence-electron chi connectivity index (χ4n) is 1.78. The predicted octanol–water partition coefficient (Wildman–Crippen LogP) is 4.75. The average molecular weight is 281 g/mol. The number of H-pyrrole nitrogens is 1. The van der Waals surface area contributed by atoms with Crippen LogP contribution in [0.15, 0.2) is 36.8 Å². The Labute approximate surface area is 117 Å². The number of hydrogen-bond donors (Lipinski definition) is 1. The van der Waals surface area contributed by atoms with Crippen LogP contribution in [0.4, 0.5) is 0 Å². The highest BCUT2D eigenvalue weighted by atomic mass is 35.5. The molecule has 0 aliphatic carbocycles. The smallest absolute Gasteiger partial charge is 0.0927 e. The van der Waals surface area contributed by atoms with Gasteiger partial charge in [-0.15, -0.1) is 0 Å².